The van der Waals surface area contributed by atoms with Crippen molar-refractivity contribution in [3.05, 3.63) is 18.1 Å². The van der Waals surface area contributed by atoms with Crippen LogP contribution in [0, 0.1) is 0 Å². The van der Waals surface area contributed by atoms with Crippen LogP contribution in [0.25, 0.3) is 0 Å². The smallest absolute Gasteiger partial charge is 0.271 e. The molecule has 5 heteroatoms. The summed E-state index contributed by atoms with van der Waals surface area (Å²) in [4.78, 5) is 20.1. The maximum absolute atomic E-state index is 11.9. The van der Waals surface area contributed by atoms with E-state index in [1.807, 2.05) is 27.7 Å². The Morgan fingerprint density at radius 3 is 2.65 bits per heavy atom. The number of aromatic nitrogens is 2. The Balaban J connectivity index is 2.78. The second-order valence-corrected chi connectivity index (χ2v) is 4.51. The van der Waals surface area contributed by atoms with Gasteiger partial charge in [-0.1, -0.05) is 6.92 Å². The highest BCUT2D eigenvalue weighted by Gasteiger charge is 2.19. The van der Waals surface area contributed by atoms with Crippen LogP contribution in [0.15, 0.2) is 12.4 Å². The number of hydrogen-bond acceptors (Lipinski definition) is 4. The van der Waals surface area contributed by atoms with Crippen LogP contribution in [0.3, 0.4) is 0 Å². The van der Waals surface area contributed by atoms with Gasteiger partial charge in [0, 0.05) is 12.1 Å². The van der Waals surface area contributed by atoms with E-state index in [4.69, 9.17) is 0 Å². The molecule has 2 N–H and O–H groups in total. The van der Waals surface area contributed by atoms with Gasteiger partial charge in [0.05, 0.1) is 12.4 Å². The Kier molecular flexibility index (Phi) is 4.43. The summed E-state index contributed by atoms with van der Waals surface area (Å²) in [6.07, 6.45) is 3.94. The fourth-order valence-corrected chi connectivity index (χ4v) is 1.20. The molecule has 1 aromatic rings. The lowest BCUT2D eigenvalue weighted by Gasteiger charge is -2.24. The monoisotopic (exact) mass is 236 g/mol. The Morgan fingerprint density at radius 2 is 2.06 bits per heavy atom. The van der Waals surface area contributed by atoms with Crippen LogP contribution in [0.4, 0.5) is 5.82 Å². The van der Waals surface area contributed by atoms with Crippen molar-refractivity contribution < 1.29 is 4.79 Å². The van der Waals surface area contributed by atoms with Gasteiger partial charge in [0.1, 0.15) is 11.5 Å². The van der Waals surface area contributed by atoms with E-state index in [2.05, 4.69) is 20.6 Å². The third-order valence-electron chi connectivity index (χ3n) is 2.56. The molecule has 1 rings (SSSR count). The van der Waals surface area contributed by atoms with E-state index in [0.717, 1.165) is 13.0 Å². The molecule has 1 aromatic heterocycles. The molecule has 0 atom stereocenters. The van der Waals surface area contributed by atoms with E-state index in [9.17, 15) is 4.79 Å². The topological polar surface area (TPSA) is 66.9 Å². The second-order valence-electron chi connectivity index (χ2n) is 4.51. The van der Waals surface area contributed by atoms with Gasteiger partial charge in [-0.05, 0) is 27.2 Å². The second kappa shape index (κ2) is 5.61. The molecule has 0 aliphatic carbocycles. The minimum atomic E-state index is -0.229. The first kappa shape index (κ1) is 13.4. The minimum absolute atomic E-state index is 0.191. The molecule has 0 spiro atoms. The highest BCUT2D eigenvalue weighted by Crippen LogP contribution is 2.09. The van der Waals surface area contributed by atoms with Gasteiger partial charge >= 0.3 is 0 Å². The predicted molar refractivity (Wildman–Crippen MR) is 68.0 cm³/mol. The van der Waals surface area contributed by atoms with E-state index >= 15 is 0 Å². The third kappa shape index (κ3) is 4.01. The number of nitrogens with one attached hydrogen (secondary N) is 2. The zero-order valence-electron chi connectivity index (χ0n) is 10.9. The fourth-order valence-electron chi connectivity index (χ4n) is 1.20. The number of hydrogen-bond donors (Lipinski definition) is 2. The standard InChI is InChI=1S/C12H20N4O/c1-5-12(3,4)16-11(17)9-7-13-8-10(15-9)14-6-2/h7-8H,5-6H2,1-4H3,(H,14,15)(H,16,17). The molecule has 5 nitrogen and oxygen atoms in total. The number of carbonyl (C=O) groups excluding carboxylic acids is 1. The summed E-state index contributed by atoms with van der Waals surface area (Å²) in [6.45, 7) is 8.70. The lowest BCUT2D eigenvalue weighted by molar-refractivity contribution is 0.0906. The Labute approximate surface area is 102 Å². The molecule has 0 bridgehead atoms. The van der Waals surface area contributed by atoms with Crippen LogP contribution >= 0.6 is 0 Å². The van der Waals surface area contributed by atoms with Crippen molar-refractivity contribution >= 4 is 11.7 Å². The average Bonchev–Trinajstić information content (AvgIpc) is 2.29. The van der Waals surface area contributed by atoms with Gasteiger partial charge < -0.3 is 10.6 Å². The lowest BCUT2D eigenvalue weighted by atomic mass is 10.0. The van der Waals surface area contributed by atoms with Gasteiger partial charge in [-0.2, -0.15) is 0 Å². The molecule has 0 fully saturated rings. The van der Waals surface area contributed by atoms with Crippen molar-refractivity contribution in [1.29, 1.82) is 0 Å². The maximum Gasteiger partial charge on any atom is 0.271 e. The van der Waals surface area contributed by atoms with Gasteiger partial charge in [-0.3, -0.25) is 9.78 Å². The van der Waals surface area contributed by atoms with Gasteiger partial charge in [0.2, 0.25) is 0 Å². The third-order valence-corrected chi connectivity index (χ3v) is 2.56. The van der Waals surface area contributed by atoms with Crippen LogP contribution in [0.2, 0.25) is 0 Å². The number of anilines is 1. The number of rotatable bonds is 5. The summed E-state index contributed by atoms with van der Waals surface area (Å²) in [7, 11) is 0. The highest BCUT2D eigenvalue weighted by atomic mass is 16.2. The molecular weight excluding hydrogens is 216 g/mol. The molecule has 0 aliphatic heterocycles. The predicted octanol–water partition coefficient (Wildman–Crippen LogP) is 1.83. The van der Waals surface area contributed by atoms with Crippen molar-refractivity contribution in [1.82, 2.24) is 15.3 Å². The molecule has 0 aliphatic rings. The summed E-state index contributed by atoms with van der Waals surface area (Å²) >= 11 is 0. The van der Waals surface area contributed by atoms with Crippen LogP contribution < -0.4 is 10.6 Å². The number of nitrogens with zero attached hydrogens (tertiary/aromatic N) is 2. The van der Waals surface area contributed by atoms with E-state index < -0.39 is 0 Å². The SMILES string of the molecule is CCNc1cncc(C(=O)NC(C)(C)CC)n1. The molecule has 0 radical (unpaired) electrons. The molecule has 1 heterocycles. The first-order valence-corrected chi connectivity index (χ1v) is 5.87. The van der Waals surface area contributed by atoms with Crippen molar-refractivity contribution in [2.24, 2.45) is 0 Å². The molecule has 17 heavy (non-hydrogen) atoms. The average molecular weight is 236 g/mol. The van der Waals surface area contributed by atoms with E-state index in [1.165, 1.54) is 6.20 Å². The minimum Gasteiger partial charge on any atom is -0.369 e. The molecule has 0 saturated carbocycles. The Bertz CT molecular complexity index is 390. The maximum atomic E-state index is 11.9. The summed E-state index contributed by atoms with van der Waals surface area (Å²) in [5.74, 6) is 0.429. The molecule has 1 amide bonds. The zero-order valence-corrected chi connectivity index (χ0v) is 10.9. The molecule has 0 unspecified atom stereocenters. The van der Waals surface area contributed by atoms with Crippen LogP contribution in [-0.2, 0) is 0 Å². The van der Waals surface area contributed by atoms with Crippen LogP contribution in [-0.4, -0.2) is 28.0 Å². The molecule has 94 valence electrons. The Morgan fingerprint density at radius 1 is 1.35 bits per heavy atom. The number of amides is 1. The summed E-state index contributed by atoms with van der Waals surface area (Å²) < 4.78 is 0. The zero-order chi connectivity index (χ0) is 12.9. The van der Waals surface area contributed by atoms with Crippen molar-refractivity contribution in [3.63, 3.8) is 0 Å². The molecule has 0 saturated heterocycles. The molecule has 0 aromatic carbocycles. The first-order chi connectivity index (χ1) is 7.98. The molecular formula is C12H20N4O. The quantitative estimate of drug-likeness (QED) is 0.818. The first-order valence-electron chi connectivity index (χ1n) is 5.87. The van der Waals surface area contributed by atoms with Gasteiger partial charge in [0.15, 0.2) is 0 Å². The van der Waals surface area contributed by atoms with E-state index in [0.29, 0.717) is 11.5 Å². The van der Waals surface area contributed by atoms with Crippen molar-refractivity contribution in [2.75, 3.05) is 11.9 Å². The normalized spacial score (nSPS) is 11.1. The fraction of sp³-hybridized carbons (Fsp3) is 0.583. The van der Waals surface area contributed by atoms with Gasteiger partial charge in [-0.15, -0.1) is 0 Å². The van der Waals surface area contributed by atoms with Crippen LogP contribution in [0.5, 0.6) is 0 Å². The largest absolute Gasteiger partial charge is 0.369 e. The van der Waals surface area contributed by atoms with Crippen molar-refractivity contribution in [2.45, 2.75) is 39.7 Å². The summed E-state index contributed by atoms with van der Waals surface area (Å²) in [6, 6.07) is 0. The van der Waals surface area contributed by atoms with Crippen molar-refractivity contribution in [3.8, 4) is 0 Å². The number of carbonyl (C=O) groups is 1. The highest BCUT2D eigenvalue weighted by molar-refractivity contribution is 5.92. The lowest BCUT2D eigenvalue weighted by Crippen LogP contribution is -2.43. The van der Waals surface area contributed by atoms with E-state index in [-0.39, 0.29) is 11.4 Å². The Hall–Kier alpha value is -1.65. The summed E-state index contributed by atoms with van der Waals surface area (Å²) in [5, 5.41) is 5.95. The van der Waals surface area contributed by atoms with E-state index in [1.54, 1.807) is 6.20 Å². The van der Waals surface area contributed by atoms with Gasteiger partial charge in [0.25, 0.3) is 5.91 Å². The van der Waals surface area contributed by atoms with Crippen LogP contribution in [0.1, 0.15) is 44.6 Å². The van der Waals surface area contributed by atoms with Gasteiger partial charge in [-0.25, -0.2) is 4.98 Å². The summed E-state index contributed by atoms with van der Waals surface area (Å²) in [5.41, 5.74) is 0.109.